The van der Waals surface area contributed by atoms with E-state index in [0.29, 0.717) is 11.0 Å². The third kappa shape index (κ3) is 2.25. The summed E-state index contributed by atoms with van der Waals surface area (Å²) in [5.74, 6) is 0.196. The van der Waals surface area contributed by atoms with Crippen LogP contribution >= 0.6 is 0 Å². The number of anilines is 1. The smallest absolute Gasteiger partial charge is 0.263 e. The molecule has 6 heteroatoms. The van der Waals surface area contributed by atoms with E-state index in [2.05, 4.69) is 9.88 Å². The van der Waals surface area contributed by atoms with Crippen LogP contribution in [-0.2, 0) is 10.0 Å². The summed E-state index contributed by atoms with van der Waals surface area (Å²) in [6.45, 7) is 1.90. The Hall–Kier alpha value is -2.34. The van der Waals surface area contributed by atoms with Crippen molar-refractivity contribution in [1.82, 2.24) is 5.16 Å². The highest BCUT2D eigenvalue weighted by atomic mass is 32.2. The zero-order chi connectivity index (χ0) is 14.2. The number of fused-ring (bicyclic) bond motifs is 1. The molecule has 5 nitrogen and oxygen atoms in total. The number of hydrogen-bond donors (Lipinski definition) is 1. The molecular formula is C14H12N2O3S. The fraction of sp³-hybridized carbons (Fsp3) is 0.0714. The minimum absolute atomic E-state index is 0.190. The fourth-order valence-electron chi connectivity index (χ4n) is 1.86. The summed E-state index contributed by atoms with van der Waals surface area (Å²) in [4.78, 5) is 0.190. The molecule has 0 atom stereocenters. The Kier molecular flexibility index (Phi) is 2.94. The lowest BCUT2D eigenvalue weighted by molar-refractivity contribution is 0.460. The second-order valence-electron chi connectivity index (χ2n) is 4.45. The van der Waals surface area contributed by atoms with E-state index in [-0.39, 0.29) is 10.7 Å². The summed E-state index contributed by atoms with van der Waals surface area (Å²) >= 11 is 0. The summed E-state index contributed by atoms with van der Waals surface area (Å²) in [5.41, 5.74) is 1.53. The van der Waals surface area contributed by atoms with E-state index in [1.807, 2.05) is 6.92 Å². The van der Waals surface area contributed by atoms with Crippen LogP contribution < -0.4 is 4.72 Å². The molecule has 0 radical (unpaired) electrons. The SMILES string of the molecule is Cc1ccc(S(=O)(=O)Nc2noc3ccccc23)cc1. The number of aryl methyl sites for hydroxylation is 1. The molecule has 0 aliphatic rings. The standard InChI is InChI=1S/C14H12N2O3S/c1-10-6-8-11(9-7-10)20(17,18)16-14-12-4-2-3-5-13(12)19-15-14/h2-9H,1H3,(H,15,16). The van der Waals surface area contributed by atoms with Gasteiger partial charge in [0, 0.05) is 0 Å². The molecule has 0 unspecified atom stereocenters. The summed E-state index contributed by atoms with van der Waals surface area (Å²) in [7, 11) is -3.66. The number of nitrogens with zero attached hydrogens (tertiary/aromatic N) is 1. The van der Waals surface area contributed by atoms with E-state index in [1.165, 1.54) is 0 Å². The summed E-state index contributed by atoms with van der Waals surface area (Å²) in [6.07, 6.45) is 0. The van der Waals surface area contributed by atoms with Crippen molar-refractivity contribution in [3.8, 4) is 0 Å². The molecule has 1 N–H and O–H groups in total. The molecule has 102 valence electrons. The monoisotopic (exact) mass is 288 g/mol. The molecular weight excluding hydrogens is 276 g/mol. The third-order valence-electron chi connectivity index (χ3n) is 2.94. The van der Waals surface area contributed by atoms with E-state index < -0.39 is 10.0 Å². The van der Waals surface area contributed by atoms with Crippen molar-refractivity contribution in [1.29, 1.82) is 0 Å². The summed E-state index contributed by atoms with van der Waals surface area (Å²) < 4.78 is 32.0. The number of benzene rings is 2. The highest BCUT2D eigenvalue weighted by molar-refractivity contribution is 7.92. The van der Waals surface area contributed by atoms with Gasteiger partial charge in [0.15, 0.2) is 11.4 Å². The van der Waals surface area contributed by atoms with Gasteiger partial charge in [0.1, 0.15) is 0 Å². The first-order valence-electron chi connectivity index (χ1n) is 6.00. The first kappa shape index (κ1) is 12.7. The summed E-state index contributed by atoms with van der Waals surface area (Å²) in [5, 5.41) is 4.39. The van der Waals surface area contributed by atoms with Gasteiger partial charge in [-0.1, -0.05) is 35.0 Å². The van der Waals surface area contributed by atoms with E-state index in [9.17, 15) is 8.42 Å². The predicted molar refractivity (Wildman–Crippen MR) is 76.0 cm³/mol. The maximum absolute atomic E-state index is 12.3. The maximum atomic E-state index is 12.3. The molecule has 0 amide bonds. The van der Waals surface area contributed by atoms with Crippen molar-refractivity contribution in [3.05, 3.63) is 54.1 Å². The van der Waals surface area contributed by atoms with Gasteiger partial charge in [0.25, 0.3) is 10.0 Å². The zero-order valence-corrected chi connectivity index (χ0v) is 11.5. The van der Waals surface area contributed by atoms with Crippen LogP contribution in [0.4, 0.5) is 5.82 Å². The van der Waals surface area contributed by atoms with Crippen LogP contribution in [0.5, 0.6) is 0 Å². The van der Waals surface area contributed by atoms with Gasteiger partial charge in [-0.25, -0.2) is 8.42 Å². The second-order valence-corrected chi connectivity index (χ2v) is 6.13. The number of rotatable bonds is 3. The molecule has 2 aromatic carbocycles. The van der Waals surface area contributed by atoms with E-state index in [1.54, 1.807) is 48.5 Å². The molecule has 3 aromatic rings. The zero-order valence-electron chi connectivity index (χ0n) is 10.7. The highest BCUT2D eigenvalue weighted by Crippen LogP contribution is 2.24. The van der Waals surface area contributed by atoms with Crippen molar-refractivity contribution >= 4 is 26.8 Å². The van der Waals surface area contributed by atoms with Gasteiger partial charge in [-0.3, -0.25) is 4.72 Å². The minimum atomic E-state index is -3.66. The molecule has 0 fully saturated rings. The quantitative estimate of drug-likeness (QED) is 0.804. The number of sulfonamides is 1. The van der Waals surface area contributed by atoms with Crippen molar-refractivity contribution < 1.29 is 12.9 Å². The van der Waals surface area contributed by atoms with Crippen LogP contribution in [-0.4, -0.2) is 13.6 Å². The Morgan fingerprint density at radius 3 is 2.50 bits per heavy atom. The lowest BCUT2D eigenvalue weighted by Crippen LogP contribution is -2.13. The molecule has 20 heavy (non-hydrogen) atoms. The number of para-hydroxylation sites is 1. The van der Waals surface area contributed by atoms with Crippen LogP contribution in [0.2, 0.25) is 0 Å². The van der Waals surface area contributed by atoms with Gasteiger partial charge >= 0.3 is 0 Å². The van der Waals surface area contributed by atoms with Crippen LogP contribution in [0, 0.1) is 6.92 Å². The minimum Gasteiger partial charge on any atom is -0.354 e. The largest absolute Gasteiger partial charge is 0.354 e. The number of aromatic nitrogens is 1. The van der Waals surface area contributed by atoms with Gasteiger partial charge in [-0.15, -0.1) is 0 Å². The molecule has 0 spiro atoms. The van der Waals surface area contributed by atoms with E-state index >= 15 is 0 Å². The third-order valence-corrected chi connectivity index (χ3v) is 4.29. The Morgan fingerprint density at radius 1 is 1.05 bits per heavy atom. The Balaban J connectivity index is 1.99. The first-order chi connectivity index (χ1) is 9.56. The number of hydrogen-bond acceptors (Lipinski definition) is 4. The van der Waals surface area contributed by atoms with Crippen LogP contribution in [0.15, 0.2) is 57.9 Å². The maximum Gasteiger partial charge on any atom is 0.263 e. The molecule has 0 bridgehead atoms. The van der Waals surface area contributed by atoms with Gasteiger partial charge in [0.05, 0.1) is 10.3 Å². The van der Waals surface area contributed by atoms with Crippen LogP contribution in [0.1, 0.15) is 5.56 Å². The van der Waals surface area contributed by atoms with Gasteiger partial charge < -0.3 is 4.52 Å². The molecule has 1 aromatic heterocycles. The van der Waals surface area contributed by atoms with Gasteiger partial charge in [-0.05, 0) is 31.2 Å². The predicted octanol–water partition coefficient (Wildman–Crippen LogP) is 2.94. The molecule has 0 saturated heterocycles. The van der Waals surface area contributed by atoms with Crippen molar-refractivity contribution in [2.24, 2.45) is 0 Å². The molecule has 1 heterocycles. The Bertz CT molecular complexity index is 852. The Labute approximate surface area is 116 Å². The molecule has 0 saturated carbocycles. The van der Waals surface area contributed by atoms with Gasteiger partial charge in [-0.2, -0.15) is 0 Å². The second kappa shape index (κ2) is 4.64. The lowest BCUT2D eigenvalue weighted by atomic mass is 10.2. The van der Waals surface area contributed by atoms with Crippen LogP contribution in [0.25, 0.3) is 11.0 Å². The van der Waals surface area contributed by atoms with Gasteiger partial charge in [0.2, 0.25) is 0 Å². The first-order valence-corrected chi connectivity index (χ1v) is 7.48. The molecule has 0 aliphatic carbocycles. The van der Waals surface area contributed by atoms with Crippen molar-refractivity contribution in [2.75, 3.05) is 4.72 Å². The molecule has 3 rings (SSSR count). The highest BCUT2D eigenvalue weighted by Gasteiger charge is 2.17. The topological polar surface area (TPSA) is 72.2 Å². The van der Waals surface area contributed by atoms with Crippen molar-refractivity contribution in [2.45, 2.75) is 11.8 Å². The summed E-state index contributed by atoms with van der Waals surface area (Å²) in [6, 6.07) is 13.7. The fourth-order valence-corrected chi connectivity index (χ4v) is 2.88. The average molecular weight is 288 g/mol. The van der Waals surface area contributed by atoms with E-state index in [0.717, 1.165) is 5.56 Å². The van der Waals surface area contributed by atoms with Crippen molar-refractivity contribution in [3.63, 3.8) is 0 Å². The average Bonchev–Trinajstić information content (AvgIpc) is 2.82. The Morgan fingerprint density at radius 2 is 1.75 bits per heavy atom. The lowest BCUT2D eigenvalue weighted by Gasteiger charge is -2.05. The molecule has 0 aliphatic heterocycles. The van der Waals surface area contributed by atoms with E-state index in [4.69, 9.17) is 4.52 Å². The normalized spacial score (nSPS) is 11.7. The number of nitrogens with one attached hydrogen (secondary N) is 1. The van der Waals surface area contributed by atoms with Crippen LogP contribution in [0.3, 0.4) is 0 Å².